The first-order valence-corrected chi connectivity index (χ1v) is 26.9. The van der Waals surface area contributed by atoms with E-state index in [4.69, 9.17) is 14.2 Å². The first-order chi connectivity index (χ1) is 31.5. The number of allylic oxidation sites excluding steroid dienone is 12. The molecule has 0 aliphatic carbocycles. The van der Waals surface area contributed by atoms with Gasteiger partial charge in [0.15, 0.2) is 6.10 Å². The van der Waals surface area contributed by atoms with E-state index in [1.807, 2.05) is 0 Å². The van der Waals surface area contributed by atoms with Gasteiger partial charge in [-0.25, -0.2) is 0 Å². The summed E-state index contributed by atoms with van der Waals surface area (Å²) in [7, 11) is 0. The van der Waals surface area contributed by atoms with Crippen molar-refractivity contribution in [2.45, 2.75) is 264 Å². The van der Waals surface area contributed by atoms with Crippen molar-refractivity contribution in [3.05, 3.63) is 72.9 Å². The molecule has 0 radical (unpaired) electrons. The fourth-order valence-electron chi connectivity index (χ4n) is 7.37. The number of hydrogen-bond donors (Lipinski definition) is 0. The molecule has 1 unspecified atom stereocenters. The molecule has 0 aliphatic rings. The van der Waals surface area contributed by atoms with Gasteiger partial charge in [0.25, 0.3) is 0 Å². The molecule has 368 valence electrons. The Bertz CT molecular complexity index is 1210. The van der Waals surface area contributed by atoms with Crippen LogP contribution >= 0.6 is 0 Å². The number of carbonyl (C=O) groups is 3. The lowest BCUT2D eigenvalue weighted by Crippen LogP contribution is -2.30. The van der Waals surface area contributed by atoms with Gasteiger partial charge in [-0.05, 0) is 103 Å². The van der Waals surface area contributed by atoms with Crippen LogP contribution in [0.4, 0.5) is 0 Å². The van der Waals surface area contributed by atoms with Gasteiger partial charge in [0.1, 0.15) is 13.2 Å². The molecule has 64 heavy (non-hydrogen) atoms. The minimum Gasteiger partial charge on any atom is -0.462 e. The van der Waals surface area contributed by atoms with Crippen LogP contribution in [0.25, 0.3) is 0 Å². The van der Waals surface area contributed by atoms with Crippen LogP contribution in [-0.2, 0) is 28.6 Å². The molecule has 0 rings (SSSR count). The third kappa shape index (κ3) is 49.9. The zero-order valence-corrected chi connectivity index (χ0v) is 42.0. The van der Waals surface area contributed by atoms with E-state index < -0.39 is 6.10 Å². The predicted octanol–water partition coefficient (Wildman–Crippen LogP) is 17.8. The molecule has 0 aromatic heterocycles. The van der Waals surface area contributed by atoms with E-state index >= 15 is 0 Å². The van der Waals surface area contributed by atoms with E-state index in [1.165, 1.54) is 116 Å². The van der Waals surface area contributed by atoms with Crippen LogP contribution in [0.1, 0.15) is 258 Å². The summed E-state index contributed by atoms with van der Waals surface area (Å²) in [6.45, 7) is 6.42. The van der Waals surface area contributed by atoms with Crippen molar-refractivity contribution in [3.8, 4) is 0 Å². The van der Waals surface area contributed by atoms with Crippen molar-refractivity contribution in [3.63, 3.8) is 0 Å². The molecule has 0 saturated heterocycles. The number of ether oxygens (including phenoxy) is 3. The van der Waals surface area contributed by atoms with Crippen molar-refractivity contribution in [2.24, 2.45) is 0 Å². The highest BCUT2D eigenvalue weighted by Gasteiger charge is 2.19. The average molecular weight is 893 g/mol. The molecule has 0 fully saturated rings. The molecule has 1 atom stereocenters. The zero-order valence-electron chi connectivity index (χ0n) is 42.0. The molecule has 0 N–H and O–H groups in total. The summed E-state index contributed by atoms with van der Waals surface area (Å²) in [5.74, 6) is -0.949. The molecular weight excluding hydrogens is 793 g/mol. The first kappa shape index (κ1) is 60.9. The Morgan fingerprint density at radius 2 is 0.641 bits per heavy atom. The standard InChI is InChI=1S/C58H100O6/c1-4-7-10-13-16-19-22-24-26-27-28-29-30-31-33-34-36-39-42-45-48-51-57(60)63-54-55(53-62-56(59)50-47-44-41-38-21-18-15-12-9-6-3)64-58(61)52-49-46-43-40-37-35-32-25-23-20-17-14-11-8-5-2/h8,11-12,15,17,20,25,27-28,32,37,40,55H,4-7,9-10,13-14,16,18-19,21-24,26,29-31,33-36,38-39,41-54H2,1-3H3/b11-8-,15-12-,20-17-,28-27-,32-25-,40-37-. The Labute approximate surface area is 395 Å². The van der Waals surface area contributed by atoms with Crippen molar-refractivity contribution in [1.82, 2.24) is 0 Å². The summed E-state index contributed by atoms with van der Waals surface area (Å²) >= 11 is 0. The second-order valence-corrected chi connectivity index (χ2v) is 17.7. The lowest BCUT2D eigenvalue weighted by molar-refractivity contribution is -0.167. The van der Waals surface area contributed by atoms with Crippen molar-refractivity contribution >= 4 is 17.9 Å². The third-order valence-corrected chi connectivity index (χ3v) is 11.4. The summed E-state index contributed by atoms with van der Waals surface area (Å²) in [5.41, 5.74) is 0. The maximum absolute atomic E-state index is 12.8. The minimum atomic E-state index is -0.800. The van der Waals surface area contributed by atoms with Crippen LogP contribution in [-0.4, -0.2) is 37.2 Å². The Balaban J connectivity index is 4.34. The van der Waals surface area contributed by atoms with Crippen LogP contribution in [0.3, 0.4) is 0 Å². The van der Waals surface area contributed by atoms with E-state index in [2.05, 4.69) is 93.7 Å². The average Bonchev–Trinajstić information content (AvgIpc) is 3.29. The molecule has 0 aliphatic heterocycles. The summed E-state index contributed by atoms with van der Waals surface area (Å²) < 4.78 is 16.7. The molecule has 0 aromatic rings. The highest BCUT2D eigenvalue weighted by atomic mass is 16.6. The van der Waals surface area contributed by atoms with Gasteiger partial charge in [0, 0.05) is 19.3 Å². The lowest BCUT2D eigenvalue weighted by Gasteiger charge is -2.18. The summed E-state index contributed by atoms with van der Waals surface area (Å²) in [4.78, 5) is 37.9. The third-order valence-electron chi connectivity index (χ3n) is 11.4. The Morgan fingerprint density at radius 1 is 0.328 bits per heavy atom. The maximum Gasteiger partial charge on any atom is 0.306 e. The molecule has 0 aromatic carbocycles. The fourth-order valence-corrected chi connectivity index (χ4v) is 7.37. The summed E-state index contributed by atoms with van der Waals surface area (Å²) in [6.07, 6.45) is 66.2. The Hall–Kier alpha value is -3.15. The van der Waals surface area contributed by atoms with Crippen molar-refractivity contribution < 1.29 is 28.6 Å². The van der Waals surface area contributed by atoms with Crippen LogP contribution in [0, 0.1) is 0 Å². The fraction of sp³-hybridized carbons (Fsp3) is 0.741. The largest absolute Gasteiger partial charge is 0.462 e. The molecule has 0 bridgehead atoms. The summed E-state index contributed by atoms with van der Waals surface area (Å²) in [6, 6.07) is 0. The smallest absolute Gasteiger partial charge is 0.306 e. The predicted molar refractivity (Wildman–Crippen MR) is 274 cm³/mol. The lowest BCUT2D eigenvalue weighted by atomic mass is 10.1. The molecule has 0 heterocycles. The van der Waals surface area contributed by atoms with Gasteiger partial charge in [-0.1, -0.05) is 209 Å². The van der Waals surface area contributed by atoms with E-state index in [9.17, 15) is 14.4 Å². The highest BCUT2D eigenvalue weighted by Crippen LogP contribution is 2.15. The number of unbranched alkanes of at least 4 members (excludes halogenated alkanes) is 25. The minimum absolute atomic E-state index is 0.0957. The van der Waals surface area contributed by atoms with E-state index in [0.717, 1.165) is 96.3 Å². The highest BCUT2D eigenvalue weighted by molar-refractivity contribution is 5.71. The second kappa shape index (κ2) is 52.5. The van der Waals surface area contributed by atoms with Gasteiger partial charge in [-0.15, -0.1) is 0 Å². The van der Waals surface area contributed by atoms with Crippen molar-refractivity contribution in [1.29, 1.82) is 0 Å². The number of carbonyl (C=O) groups excluding carboxylic acids is 3. The van der Waals surface area contributed by atoms with Gasteiger partial charge in [-0.2, -0.15) is 0 Å². The molecule has 0 amide bonds. The topological polar surface area (TPSA) is 78.9 Å². The van der Waals surface area contributed by atoms with Gasteiger partial charge >= 0.3 is 17.9 Å². The Morgan fingerprint density at radius 3 is 1.06 bits per heavy atom. The normalized spacial score (nSPS) is 12.6. The number of hydrogen-bond acceptors (Lipinski definition) is 6. The Kier molecular flexibility index (Phi) is 49.9. The van der Waals surface area contributed by atoms with Crippen LogP contribution in [0.2, 0.25) is 0 Å². The molecule has 6 heteroatoms. The second-order valence-electron chi connectivity index (χ2n) is 17.7. The molecule has 0 spiro atoms. The SMILES string of the molecule is CC/C=C\C/C=C\C/C=C\C/C=C\CCCCC(=O)OC(COC(=O)CCCCCCC/C=C\CCC)COC(=O)CCCCCCCCCCC/C=C\CCCCCCCCCC. The molecule has 0 saturated carbocycles. The number of rotatable bonds is 48. The quantitative estimate of drug-likeness (QED) is 0.0262. The van der Waals surface area contributed by atoms with Crippen molar-refractivity contribution in [2.75, 3.05) is 13.2 Å². The van der Waals surface area contributed by atoms with E-state index in [-0.39, 0.29) is 37.5 Å². The van der Waals surface area contributed by atoms with E-state index in [0.29, 0.717) is 19.3 Å². The monoisotopic (exact) mass is 893 g/mol. The van der Waals surface area contributed by atoms with Gasteiger partial charge in [0.2, 0.25) is 0 Å². The molecule has 6 nitrogen and oxygen atoms in total. The van der Waals surface area contributed by atoms with E-state index in [1.54, 1.807) is 0 Å². The van der Waals surface area contributed by atoms with Crippen LogP contribution < -0.4 is 0 Å². The van der Waals surface area contributed by atoms with Gasteiger partial charge < -0.3 is 14.2 Å². The number of esters is 3. The van der Waals surface area contributed by atoms with Gasteiger partial charge in [-0.3, -0.25) is 14.4 Å². The maximum atomic E-state index is 12.8. The first-order valence-electron chi connectivity index (χ1n) is 26.9. The van der Waals surface area contributed by atoms with Gasteiger partial charge in [0.05, 0.1) is 0 Å². The summed E-state index contributed by atoms with van der Waals surface area (Å²) in [5, 5.41) is 0. The molecular formula is C58H100O6. The zero-order chi connectivity index (χ0) is 46.5. The van der Waals surface area contributed by atoms with Crippen LogP contribution in [0.5, 0.6) is 0 Å². The van der Waals surface area contributed by atoms with Crippen LogP contribution in [0.15, 0.2) is 72.9 Å².